The van der Waals surface area contributed by atoms with Crippen molar-refractivity contribution in [2.45, 2.75) is 11.5 Å². The van der Waals surface area contributed by atoms with Gasteiger partial charge in [-0.15, -0.1) is 18.3 Å². The standard InChI is InChI=1S/C23H25F2N3O3S/c1-2-15-32-20-10-6-4-8-18(20)26-21(29)16-27-11-13-28(14-12-27)22(30)17-7-3-5-9-19(17)31-23(24)25/h2-10,23H,1,11-16H2,(H,26,29). The Hall–Kier alpha value is -2.91. The number of hydrogen-bond acceptors (Lipinski definition) is 5. The van der Waals surface area contributed by atoms with Crippen molar-refractivity contribution in [2.75, 3.05) is 43.8 Å². The Bertz CT molecular complexity index is 950. The molecule has 2 aromatic rings. The third-order valence-electron chi connectivity index (χ3n) is 4.88. The van der Waals surface area contributed by atoms with Gasteiger partial charge in [-0.25, -0.2) is 0 Å². The first-order chi connectivity index (χ1) is 15.5. The van der Waals surface area contributed by atoms with Gasteiger partial charge in [-0.05, 0) is 24.3 Å². The van der Waals surface area contributed by atoms with Crippen molar-refractivity contribution < 1.29 is 23.1 Å². The summed E-state index contributed by atoms with van der Waals surface area (Å²) < 4.78 is 29.7. The molecule has 1 fully saturated rings. The van der Waals surface area contributed by atoms with Crippen LogP contribution in [0.2, 0.25) is 0 Å². The maximum absolute atomic E-state index is 12.8. The van der Waals surface area contributed by atoms with Gasteiger partial charge >= 0.3 is 6.61 Å². The molecule has 6 nitrogen and oxygen atoms in total. The number of thioether (sulfide) groups is 1. The van der Waals surface area contributed by atoms with Crippen molar-refractivity contribution >= 4 is 29.3 Å². The highest BCUT2D eigenvalue weighted by atomic mass is 32.2. The summed E-state index contributed by atoms with van der Waals surface area (Å²) in [6.07, 6.45) is 1.81. The van der Waals surface area contributed by atoms with Gasteiger partial charge in [0.1, 0.15) is 5.75 Å². The second kappa shape index (κ2) is 11.6. The molecule has 9 heteroatoms. The zero-order valence-electron chi connectivity index (χ0n) is 17.5. The normalized spacial score (nSPS) is 14.3. The number of benzene rings is 2. The molecule has 2 aromatic carbocycles. The number of ether oxygens (including phenoxy) is 1. The fourth-order valence-corrected chi connectivity index (χ4v) is 4.11. The van der Waals surface area contributed by atoms with Gasteiger partial charge in [0, 0.05) is 36.8 Å². The predicted molar refractivity (Wildman–Crippen MR) is 121 cm³/mol. The van der Waals surface area contributed by atoms with Gasteiger partial charge in [-0.1, -0.05) is 30.3 Å². The highest BCUT2D eigenvalue weighted by molar-refractivity contribution is 7.99. The third-order valence-corrected chi connectivity index (χ3v) is 5.95. The van der Waals surface area contributed by atoms with E-state index in [0.29, 0.717) is 26.2 Å². The summed E-state index contributed by atoms with van der Waals surface area (Å²) in [5.41, 5.74) is 0.862. The van der Waals surface area contributed by atoms with Gasteiger partial charge in [0.05, 0.1) is 17.8 Å². The molecule has 0 atom stereocenters. The van der Waals surface area contributed by atoms with Gasteiger partial charge in [0.15, 0.2) is 0 Å². The van der Waals surface area contributed by atoms with E-state index >= 15 is 0 Å². The Balaban J connectivity index is 1.53. The molecule has 1 saturated heterocycles. The molecular weight excluding hydrogens is 436 g/mol. The zero-order valence-corrected chi connectivity index (χ0v) is 18.3. The van der Waals surface area contributed by atoms with E-state index in [9.17, 15) is 18.4 Å². The summed E-state index contributed by atoms with van der Waals surface area (Å²) in [6, 6.07) is 13.6. The molecule has 0 saturated carbocycles. The summed E-state index contributed by atoms with van der Waals surface area (Å²) in [6.45, 7) is 2.70. The number of anilines is 1. The van der Waals surface area contributed by atoms with E-state index in [1.165, 1.54) is 12.1 Å². The van der Waals surface area contributed by atoms with E-state index in [-0.39, 0.29) is 29.7 Å². The average Bonchev–Trinajstić information content (AvgIpc) is 2.78. The van der Waals surface area contributed by atoms with Crippen LogP contribution in [0, 0.1) is 0 Å². The van der Waals surface area contributed by atoms with E-state index in [4.69, 9.17) is 0 Å². The van der Waals surface area contributed by atoms with Crippen LogP contribution in [-0.4, -0.2) is 66.7 Å². The molecule has 0 radical (unpaired) electrons. The second-order valence-electron chi connectivity index (χ2n) is 7.09. The van der Waals surface area contributed by atoms with Crippen molar-refractivity contribution in [3.63, 3.8) is 0 Å². The molecule has 3 rings (SSSR count). The monoisotopic (exact) mass is 461 g/mol. The van der Waals surface area contributed by atoms with Crippen molar-refractivity contribution in [1.82, 2.24) is 9.80 Å². The highest BCUT2D eigenvalue weighted by Gasteiger charge is 2.26. The molecular formula is C23H25F2N3O3S. The number of piperazine rings is 1. The third kappa shape index (κ3) is 6.54. The zero-order chi connectivity index (χ0) is 22.9. The van der Waals surface area contributed by atoms with Gasteiger partial charge in [0.2, 0.25) is 5.91 Å². The van der Waals surface area contributed by atoms with Gasteiger partial charge in [-0.2, -0.15) is 8.78 Å². The number of nitrogens with zero attached hydrogens (tertiary/aromatic N) is 2. The van der Waals surface area contributed by atoms with Gasteiger partial charge < -0.3 is 15.0 Å². The number of alkyl halides is 2. The molecule has 0 bridgehead atoms. The van der Waals surface area contributed by atoms with Crippen molar-refractivity contribution in [3.8, 4) is 5.75 Å². The smallest absolute Gasteiger partial charge is 0.387 e. The van der Waals surface area contributed by atoms with Crippen LogP contribution in [0.1, 0.15) is 10.4 Å². The Morgan fingerprint density at radius 2 is 1.78 bits per heavy atom. The lowest BCUT2D eigenvalue weighted by Gasteiger charge is -2.34. The molecule has 1 aliphatic rings. The molecule has 170 valence electrons. The summed E-state index contributed by atoms with van der Waals surface area (Å²) >= 11 is 1.59. The fourth-order valence-electron chi connectivity index (χ4n) is 3.36. The van der Waals surface area contributed by atoms with Crippen LogP contribution < -0.4 is 10.1 Å². The number of rotatable bonds is 9. The van der Waals surface area contributed by atoms with Gasteiger partial charge in [0.25, 0.3) is 5.91 Å². The molecule has 1 heterocycles. The minimum absolute atomic E-state index is 0.104. The van der Waals surface area contributed by atoms with Crippen molar-refractivity contribution in [3.05, 3.63) is 66.7 Å². The number of hydrogen-bond donors (Lipinski definition) is 1. The summed E-state index contributed by atoms with van der Waals surface area (Å²) in [5, 5.41) is 2.95. The second-order valence-corrected chi connectivity index (χ2v) is 8.15. The minimum atomic E-state index is -3.00. The maximum atomic E-state index is 12.8. The maximum Gasteiger partial charge on any atom is 0.387 e. The SMILES string of the molecule is C=CCSc1ccccc1NC(=O)CN1CCN(C(=O)c2ccccc2OC(F)F)CC1. The van der Waals surface area contributed by atoms with E-state index < -0.39 is 6.61 Å². The van der Waals surface area contributed by atoms with Crippen LogP contribution in [0.3, 0.4) is 0 Å². The van der Waals surface area contributed by atoms with Crippen LogP contribution in [0.25, 0.3) is 0 Å². The fraction of sp³-hybridized carbons (Fsp3) is 0.304. The molecule has 2 amide bonds. The Morgan fingerprint density at radius 1 is 1.09 bits per heavy atom. The molecule has 0 aliphatic carbocycles. The predicted octanol–water partition coefficient (Wildman–Crippen LogP) is 3.96. The first-order valence-electron chi connectivity index (χ1n) is 10.2. The minimum Gasteiger partial charge on any atom is -0.434 e. The molecule has 1 N–H and O–H groups in total. The first kappa shape index (κ1) is 23.7. The molecule has 0 aromatic heterocycles. The first-order valence-corrected chi connectivity index (χ1v) is 11.1. The molecule has 0 spiro atoms. The largest absolute Gasteiger partial charge is 0.434 e. The van der Waals surface area contributed by atoms with E-state index in [1.54, 1.807) is 28.8 Å². The molecule has 1 aliphatic heterocycles. The lowest BCUT2D eigenvalue weighted by atomic mass is 10.1. The highest BCUT2D eigenvalue weighted by Crippen LogP contribution is 2.27. The number of amides is 2. The Morgan fingerprint density at radius 3 is 2.50 bits per heavy atom. The van der Waals surface area contributed by atoms with Crippen LogP contribution in [0.5, 0.6) is 5.75 Å². The van der Waals surface area contributed by atoms with Crippen molar-refractivity contribution in [2.24, 2.45) is 0 Å². The lowest BCUT2D eigenvalue weighted by Crippen LogP contribution is -2.50. The van der Waals surface area contributed by atoms with Crippen LogP contribution >= 0.6 is 11.8 Å². The number of para-hydroxylation sites is 2. The number of halogens is 2. The van der Waals surface area contributed by atoms with E-state index in [1.807, 2.05) is 35.2 Å². The molecule has 0 unspecified atom stereocenters. The number of carbonyl (C=O) groups is 2. The quantitative estimate of drug-likeness (QED) is 0.453. The van der Waals surface area contributed by atoms with E-state index in [0.717, 1.165) is 16.3 Å². The van der Waals surface area contributed by atoms with Crippen LogP contribution in [-0.2, 0) is 4.79 Å². The summed E-state index contributed by atoms with van der Waals surface area (Å²) in [7, 11) is 0. The number of nitrogens with one attached hydrogen (secondary N) is 1. The van der Waals surface area contributed by atoms with Gasteiger partial charge in [-0.3, -0.25) is 14.5 Å². The number of carbonyl (C=O) groups excluding carboxylic acids is 2. The Labute approximate surface area is 190 Å². The Kier molecular flexibility index (Phi) is 8.64. The van der Waals surface area contributed by atoms with E-state index in [2.05, 4.69) is 16.6 Å². The summed E-state index contributed by atoms with van der Waals surface area (Å²) in [5.74, 6) is 0.113. The summed E-state index contributed by atoms with van der Waals surface area (Å²) in [4.78, 5) is 29.8. The molecule has 32 heavy (non-hydrogen) atoms. The van der Waals surface area contributed by atoms with Crippen LogP contribution in [0.15, 0.2) is 66.1 Å². The average molecular weight is 462 g/mol. The topological polar surface area (TPSA) is 61.9 Å². The van der Waals surface area contributed by atoms with Crippen LogP contribution in [0.4, 0.5) is 14.5 Å². The van der Waals surface area contributed by atoms with Crippen molar-refractivity contribution in [1.29, 1.82) is 0 Å². The lowest BCUT2D eigenvalue weighted by molar-refractivity contribution is -0.117.